The monoisotopic (exact) mass is 379 g/mol. The molecule has 0 bridgehead atoms. The Morgan fingerprint density at radius 1 is 1.07 bits per heavy atom. The maximum atomic E-state index is 12.2. The third-order valence-corrected chi connectivity index (χ3v) is 4.50. The zero-order chi connectivity index (χ0) is 19.1. The summed E-state index contributed by atoms with van der Waals surface area (Å²) in [6.45, 7) is 2.62. The number of nitrogens with one attached hydrogen (secondary N) is 2. The van der Waals surface area contributed by atoms with Crippen molar-refractivity contribution in [3.05, 3.63) is 94.8 Å². The van der Waals surface area contributed by atoms with Crippen molar-refractivity contribution in [2.24, 2.45) is 0 Å². The van der Waals surface area contributed by atoms with Crippen molar-refractivity contribution in [2.75, 3.05) is 11.9 Å². The Hall–Kier alpha value is -2.85. The number of hydrogen-bond acceptors (Lipinski definition) is 3. The van der Waals surface area contributed by atoms with Gasteiger partial charge in [0.15, 0.2) is 0 Å². The third-order valence-electron chi connectivity index (χ3n) is 4.27. The fourth-order valence-electron chi connectivity index (χ4n) is 2.79. The number of carbonyl (C=O) groups excluding carboxylic acids is 1. The predicted molar refractivity (Wildman–Crippen MR) is 110 cm³/mol. The van der Waals surface area contributed by atoms with Gasteiger partial charge in [0.05, 0.1) is 11.9 Å². The van der Waals surface area contributed by atoms with Gasteiger partial charge in [0.1, 0.15) is 5.69 Å². The Labute approximate surface area is 164 Å². The van der Waals surface area contributed by atoms with E-state index in [2.05, 4.69) is 34.7 Å². The molecule has 138 valence electrons. The summed E-state index contributed by atoms with van der Waals surface area (Å²) in [5.74, 6) is -0.181. The van der Waals surface area contributed by atoms with Crippen LogP contribution in [0.1, 0.15) is 34.6 Å². The van der Waals surface area contributed by atoms with Crippen LogP contribution in [0.3, 0.4) is 0 Å². The molecule has 0 saturated carbocycles. The van der Waals surface area contributed by atoms with E-state index < -0.39 is 0 Å². The van der Waals surface area contributed by atoms with Gasteiger partial charge in [-0.25, -0.2) is 4.98 Å². The van der Waals surface area contributed by atoms with E-state index in [9.17, 15) is 4.79 Å². The molecule has 0 fully saturated rings. The lowest BCUT2D eigenvalue weighted by atomic mass is 10.1. The molecule has 0 aliphatic carbocycles. The standard InChI is InChI=1S/C22H22ClN3O/c1-16(18-7-3-2-4-8-18)26-20-10-11-21(25-15-20)22(27)24-13-12-17-6-5-9-19(23)14-17/h2-11,14-16,26H,12-13H2,1H3,(H,24,27). The molecule has 2 N–H and O–H groups in total. The molecule has 0 aliphatic heterocycles. The molecule has 27 heavy (non-hydrogen) atoms. The summed E-state index contributed by atoms with van der Waals surface area (Å²) in [5.41, 5.74) is 3.56. The van der Waals surface area contributed by atoms with Crippen LogP contribution >= 0.6 is 11.6 Å². The number of benzene rings is 2. The zero-order valence-corrected chi connectivity index (χ0v) is 15.9. The number of pyridine rings is 1. The molecule has 1 aromatic heterocycles. The minimum Gasteiger partial charge on any atom is -0.377 e. The van der Waals surface area contributed by atoms with Gasteiger partial charge < -0.3 is 10.6 Å². The average molecular weight is 380 g/mol. The molecule has 3 aromatic rings. The van der Waals surface area contributed by atoms with Gasteiger partial charge in [-0.05, 0) is 48.7 Å². The Bertz CT molecular complexity index is 882. The summed E-state index contributed by atoms with van der Waals surface area (Å²) < 4.78 is 0. The van der Waals surface area contributed by atoms with E-state index in [1.54, 1.807) is 12.3 Å². The first-order chi connectivity index (χ1) is 13.1. The molecule has 1 unspecified atom stereocenters. The van der Waals surface area contributed by atoms with Crippen molar-refractivity contribution in [3.63, 3.8) is 0 Å². The van der Waals surface area contributed by atoms with Gasteiger partial charge in [0.25, 0.3) is 5.91 Å². The molecule has 2 aromatic carbocycles. The highest BCUT2D eigenvalue weighted by atomic mass is 35.5. The van der Waals surface area contributed by atoms with E-state index in [1.165, 1.54) is 5.56 Å². The van der Waals surface area contributed by atoms with Crippen LogP contribution in [0.4, 0.5) is 5.69 Å². The number of rotatable bonds is 7. The minimum absolute atomic E-state index is 0.158. The highest BCUT2D eigenvalue weighted by Crippen LogP contribution is 2.18. The molecule has 4 nitrogen and oxygen atoms in total. The fourth-order valence-corrected chi connectivity index (χ4v) is 3.00. The van der Waals surface area contributed by atoms with Crippen molar-refractivity contribution >= 4 is 23.2 Å². The number of nitrogens with zero attached hydrogens (tertiary/aromatic N) is 1. The molecular formula is C22H22ClN3O. The average Bonchev–Trinajstić information content (AvgIpc) is 2.69. The molecule has 0 radical (unpaired) electrons. The quantitative estimate of drug-likeness (QED) is 0.615. The molecule has 0 aliphatic rings. The molecule has 3 rings (SSSR count). The Balaban J connectivity index is 1.51. The zero-order valence-electron chi connectivity index (χ0n) is 15.2. The molecule has 0 saturated heterocycles. The Morgan fingerprint density at radius 2 is 1.89 bits per heavy atom. The first kappa shape index (κ1) is 18.9. The number of carbonyl (C=O) groups is 1. The minimum atomic E-state index is -0.181. The predicted octanol–water partition coefficient (Wildman–Crippen LogP) is 4.88. The maximum Gasteiger partial charge on any atom is 0.269 e. The fraction of sp³-hybridized carbons (Fsp3) is 0.182. The lowest BCUT2D eigenvalue weighted by Gasteiger charge is -2.15. The number of amides is 1. The second-order valence-corrected chi connectivity index (χ2v) is 6.78. The molecule has 1 heterocycles. The Morgan fingerprint density at radius 3 is 2.59 bits per heavy atom. The maximum absolute atomic E-state index is 12.2. The summed E-state index contributed by atoms with van der Waals surface area (Å²) in [6.07, 6.45) is 2.41. The topological polar surface area (TPSA) is 54.0 Å². The summed E-state index contributed by atoms with van der Waals surface area (Å²) in [7, 11) is 0. The number of hydrogen-bond donors (Lipinski definition) is 2. The van der Waals surface area contributed by atoms with Gasteiger partial charge in [0.2, 0.25) is 0 Å². The molecule has 5 heteroatoms. The van der Waals surface area contributed by atoms with Crippen molar-refractivity contribution < 1.29 is 4.79 Å². The van der Waals surface area contributed by atoms with Crippen LogP contribution in [0.25, 0.3) is 0 Å². The normalized spacial score (nSPS) is 11.6. The van der Waals surface area contributed by atoms with Crippen molar-refractivity contribution in [3.8, 4) is 0 Å². The lowest BCUT2D eigenvalue weighted by Crippen LogP contribution is -2.26. The van der Waals surface area contributed by atoms with E-state index >= 15 is 0 Å². The van der Waals surface area contributed by atoms with E-state index in [4.69, 9.17) is 11.6 Å². The van der Waals surface area contributed by atoms with Crippen molar-refractivity contribution in [2.45, 2.75) is 19.4 Å². The second-order valence-electron chi connectivity index (χ2n) is 6.34. The Kier molecular flexibility index (Phi) is 6.44. The van der Waals surface area contributed by atoms with Crippen LogP contribution in [0.15, 0.2) is 72.9 Å². The summed E-state index contributed by atoms with van der Waals surface area (Å²) >= 11 is 5.97. The van der Waals surface area contributed by atoms with Gasteiger partial charge in [-0.15, -0.1) is 0 Å². The molecule has 0 spiro atoms. The number of aromatic nitrogens is 1. The van der Waals surface area contributed by atoms with Crippen LogP contribution < -0.4 is 10.6 Å². The second kappa shape index (κ2) is 9.19. The number of halogens is 1. The largest absolute Gasteiger partial charge is 0.377 e. The van der Waals surface area contributed by atoms with Gasteiger partial charge in [-0.1, -0.05) is 54.1 Å². The highest BCUT2D eigenvalue weighted by Gasteiger charge is 2.08. The molecule has 1 atom stereocenters. The van der Waals surface area contributed by atoms with Gasteiger partial charge in [0, 0.05) is 17.6 Å². The number of anilines is 1. The first-order valence-corrected chi connectivity index (χ1v) is 9.30. The van der Waals surface area contributed by atoms with E-state index in [0.717, 1.165) is 17.7 Å². The molecular weight excluding hydrogens is 358 g/mol. The lowest BCUT2D eigenvalue weighted by molar-refractivity contribution is 0.0949. The van der Waals surface area contributed by atoms with Crippen LogP contribution in [-0.2, 0) is 6.42 Å². The van der Waals surface area contributed by atoms with Gasteiger partial charge >= 0.3 is 0 Å². The van der Waals surface area contributed by atoms with Crippen LogP contribution in [0.5, 0.6) is 0 Å². The summed E-state index contributed by atoms with van der Waals surface area (Å²) in [6, 6.07) is 21.6. The van der Waals surface area contributed by atoms with E-state index in [-0.39, 0.29) is 11.9 Å². The van der Waals surface area contributed by atoms with Crippen molar-refractivity contribution in [1.29, 1.82) is 0 Å². The summed E-state index contributed by atoms with van der Waals surface area (Å²) in [4.78, 5) is 16.5. The van der Waals surface area contributed by atoms with Crippen LogP contribution in [-0.4, -0.2) is 17.4 Å². The van der Waals surface area contributed by atoms with Gasteiger partial charge in [-0.2, -0.15) is 0 Å². The smallest absolute Gasteiger partial charge is 0.269 e. The highest BCUT2D eigenvalue weighted by molar-refractivity contribution is 6.30. The van der Waals surface area contributed by atoms with E-state index in [1.807, 2.05) is 48.5 Å². The van der Waals surface area contributed by atoms with Gasteiger partial charge in [-0.3, -0.25) is 4.79 Å². The third kappa shape index (κ3) is 5.56. The molecule has 1 amide bonds. The summed E-state index contributed by atoms with van der Waals surface area (Å²) in [5, 5.41) is 6.98. The first-order valence-electron chi connectivity index (χ1n) is 8.92. The van der Waals surface area contributed by atoms with E-state index in [0.29, 0.717) is 17.3 Å². The SMILES string of the molecule is CC(Nc1ccc(C(=O)NCCc2cccc(Cl)c2)nc1)c1ccccc1. The van der Waals surface area contributed by atoms with Crippen molar-refractivity contribution in [1.82, 2.24) is 10.3 Å². The van der Waals surface area contributed by atoms with Crippen LogP contribution in [0, 0.1) is 0 Å². The van der Waals surface area contributed by atoms with Crippen LogP contribution in [0.2, 0.25) is 5.02 Å².